The molecule has 0 saturated carbocycles. The molecular weight excluding hydrogens is 577 g/mol. The van der Waals surface area contributed by atoms with E-state index in [-0.39, 0.29) is 21.5 Å². The first-order chi connectivity index (χ1) is 20.4. The zero-order valence-electron chi connectivity index (χ0n) is 28.4. The normalized spacial score (nSPS) is 12.9. The van der Waals surface area contributed by atoms with E-state index in [1.165, 1.54) is 0 Å². The maximum Gasteiger partial charge on any atom is 0.234 e. The Morgan fingerprint density at radius 1 is 0.409 bits per heavy atom. The molecule has 4 nitrogen and oxygen atoms in total. The Morgan fingerprint density at radius 2 is 0.614 bits per heavy atom. The van der Waals surface area contributed by atoms with Crippen LogP contribution in [0, 0.1) is 22.9 Å². The van der Waals surface area contributed by atoms with Crippen molar-refractivity contribution in [2.24, 2.45) is 0 Å². The van der Waals surface area contributed by atoms with E-state index in [9.17, 15) is 19.2 Å². The minimum atomic E-state index is -2.10. The lowest BCUT2D eigenvalue weighted by Crippen LogP contribution is -2.43. The molecule has 0 N–H and O–H groups in total. The number of rotatable bonds is 6. The molecule has 0 aromatic heterocycles. The van der Waals surface area contributed by atoms with Crippen LogP contribution in [-0.2, 0) is 0 Å². The fourth-order valence-corrected chi connectivity index (χ4v) is 18.9. The minimum absolute atomic E-state index is 0.155. The van der Waals surface area contributed by atoms with Crippen molar-refractivity contribution in [3.8, 4) is 34.1 Å². The number of hydrogen-bond donors (Lipinski definition) is 0. The molecular formula is C38H46O4Si2. The first kappa shape index (κ1) is 33.6. The SMILES string of the molecule is CC(C)[Si](C#Cc1cc2c3c(c1)c(=O)c(=O)c1cc(C#C[Si](C(C)C)(C(C)C)C(C)C)cc(c1-3)c(=O)c2=O)(C(C)C)C(C)C. The van der Waals surface area contributed by atoms with Crippen molar-refractivity contribution in [3.05, 3.63) is 76.3 Å². The Hall–Kier alpha value is -3.33. The van der Waals surface area contributed by atoms with Gasteiger partial charge in [0, 0.05) is 43.8 Å². The topological polar surface area (TPSA) is 68.3 Å². The molecule has 0 unspecified atom stereocenters. The van der Waals surface area contributed by atoms with Crippen molar-refractivity contribution in [1.29, 1.82) is 0 Å². The van der Waals surface area contributed by atoms with Crippen LogP contribution >= 0.6 is 0 Å². The van der Waals surface area contributed by atoms with E-state index in [0.29, 0.717) is 55.5 Å². The van der Waals surface area contributed by atoms with Gasteiger partial charge in [0.15, 0.2) is 0 Å². The summed E-state index contributed by atoms with van der Waals surface area (Å²) in [4.78, 5) is 54.5. The molecule has 0 spiro atoms. The van der Waals surface area contributed by atoms with E-state index in [1.54, 1.807) is 24.3 Å². The first-order valence-electron chi connectivity index (χ1n) is 16.0. The van der Waals surface area contributed by atoms with Crippen LogP contribution in [0.3, 0.4) is 0 Å². The minimum Gasteiger partial charge on any atom is -0.285 e. The van der Waals surface area contributed by atoms with Crippen molar-refractivity contribution < 1.29 is 0 Å². The Balaban J connectivity index is 2.08. The second-order valence-electron chi connectivity index (χ2n) is 14.5. The summed E-state index contributed by atoms with van der Waals surface area (Å²) >= 11 is 0. The molecule has 2 aliphatic rings. The van der Waals surface area contributed by atoms with Crippen LogP contribution in [0.2, 0.25) is 33.2 Å². The quantitative estimate of drug-likeness (QED) is 0.0946. The van der Waals surface area contributed by atoms with Gasteiger partial charge in [0.1, 0.15) is 16.1 Å². The third kappa shape index (κ3) is 5.01. The van der Waals surface area contributed by atoms with Gasteiger partial charge in [0.05, 0.1) is 0 Å². The second kappa shape index (κ2) is 11.9. The molecule has 2 aromatic rings. The Morgan fingerprint density at radius 3 is 0.795 bits per heavy atom. The van der Waals surface area contributed by atoms with E-state index in [2.05, 4.69) is 106 Å². The van der Waals surface area contributed by atoms with Gasteiger partial charge < -0.3 is 0 Å². The van der Waals surface area contributed by atoms with Crippen LogP contribution in [-0.4, -0.2) is 16.1 Å². The van der Waals surface area contributed by atoms with Gasteiger partial charge in [-0.1, -0.05) is 94.9 Å². The molecule has 0 radical (unpaired) electrons. The van der Waals surface area contributed by atoms with Crippen molar-refractivity contribution in [3.63, 3.8) is 0 Å². The highest BCUT2D eigenvalue weighted by atomic mass is 28.3. The summed E-state index contributed by atoms with van der Waals surface area (Å²) in [5.41, 5.74) is 8.72. The molecule has 0 fully saturated rings. The van der Waals surface area contributed by atoms with Crippen LogP contribution in [0.25, 0.3) is 32.7 Å². The molecule has 2 aliphatic carbocycles. The maximum atomic E-state index is 13.6. The zero-order valence-corrected chi connectivity index (χ0v) is 30.4. The standard InChI is InChI=1S/C38H46O4Si2/c1-21(2)43(22(3)4,23(5)6)15-13-27-17-29-33-30(18-27)36(40)38(42)32-20-28(19-31(34(32)33)37(41)35(29)39)14-16-44(24(7)8,25(9)10)26(11)12/h17-26H,1-12H3. The van der Waals surface area contributed by atoms with Gasteiger partial charge in [-0.15, -0.1) is 11.1 Å². The highest BCUT2D eigenvalue weighted by molar-refractivity contribution is 6.91. The highest BCUT2D eigenvalue weighted by Crippen LogP contribution is 2.42. The van der Waals surface area contributed by atoms with Gasteiger partial charge in [0.2, 0.25) is 21.7 Å². The third-order valence-corrected chi connectivity index (χ3v) is 23.1. The number of benzene rings is 4. The second-order valence-corrected chi connectivity index (χ2v) is 25.7. The summed E-state index contributed by atoms with van der Waals surface area (Å²) in [6, 6.07) is 6.57. The molecule has 0 bridgehead atoms. The van der Waals surface area contributed by atoms with Crippen molar-refractivity contribution in [2.45, 2.75) is 116 Å². The summed E-state index contributed by atoms with van der Waals surface area (Å²) in [7, 11) is -4.21. The van der Waals surface area contributed by atoms with E-state index in [4.69, 9.17) is 0 Å². The zero-order chi connectivity index (χ0) is 33.0. The summed E-state index contributed by atoms with van der Waals surface area (Å²) < 4.78 is 0. The predicted molar refractivity (Wildman–Crippen MR) is 193 cm³/mol. The van der Waals surface area contributed by atoms with Gasteiger partial charge in [-0.05, 0) is 57.5 Å². The van der Waals surface area contributed by atoms with E-state index in [0.717, 1.165) is 0 Å². The average Bonchev–Trinajstić information content (AvgIpc) is 2.93. The van der Waals surface area contributed by atoms with Gasteiger partial charge in [0.25, 0.3) is 0 Å². The Kier molecular flexibility index (Phi) is 9.06. The van der Waals surface area contributed by atoms with Gasteiger partial charge in [-0.25, -0.2) is 0 Å². The van der Waals surface area contributed by atoms with E-state index in [1.807, 2.05) is 0 Å². The van der Waals surface area contributed by atoms with Crippen LogP contribution < -0.4 is 21.7 Å². The monoisotopic (exact) mass is 622 g/mol. The molecule has 230 valence electrons. The summed E-state index contributed by atoms with van der Waals surface area (Å²) in [6.45, 7) is 26.6. The highest BCUT2D eigenvalue weighted by Gasteiger charge is 2.42. The molecule has 6 heteroatoms. The summed E-state index contributed by atoms with van der Waals surface area (Å²) in [6.07, 6.45) is 0. The Bertz CT molecular complexity index is 1750. The molecule has 0 heterocycles. The van der Waals surface area contributed by atoms with Crippen LogP contribution in [0.15, 0.2) is 43.4 Å². The lowest BCUT2D eigenvalue weighted by Gasteiger charge is -2.38. The first-order valence-corrected chi connectivity index (χ1v) is 20.5. The molecule has 0 saturated heterocycles. The lowest BCUT2D eigenvalue weighted by atomic mass is 9.85. The molecule has 2 aromatic carbocycles. The molecule has 44 heavy (non-hydrogen) atoms. The van der Waals surface area contributed by atoms with Gasteiger partial charge >= 0.3 is 0 Å². The van der Waals surface area contributed by atoms with Gasteiger partial charge in [-0.3, -0.25) is 19.2 Å². The Labute approximate surface area is 263 Å². The van der Waals surface area contributed by atoms with Crippen molar-refractivity contribution in [1.82, 2.24) is 0 Å². The van der Waals surface area contributed by atoms with Crippen LogP contribution in [0.4, 0.5) is 0 Å². The van der Waals surface area contributed by atoms with Crippen molar-refractivity contribution >= 4 is 37.7 Å². The maximum absolute atomic E-state index is 13.6. The van der Waals surface area contributed by atoms with E-state index >= 15 is 0 Å². The lowest BCUT2D eigenvalue weighted by molar-refractivity contribution is 0.838. The largest absolute Gasteiger partial charge is 0.285 e. The summed E-state index contributed by atoms with van der Waals surface area (Å²) in [5.74, 6) is 6.61. The molecule has 0 amide bonds. The van der Waals surface area contributed by atoms with E-state index < -0.39 is 37.9 Å². The fraction of sp³-hybridized carbons (Fsp3) is 0.474. The third-order valence-electron chi connectivity index (χ3n) is 10.5. The smallest absolute Gasteiger partial charge is 0.234 e. The number of hydrogen-bond acceptors (Lipinski definition) is 4. The van der Waals surface area contributed by atoms with Crippen LogP contribution in [0.1, 0.15) is 94.2 Å². The molecule has 0 atom stereocenters. The van der Waals surface area contributed by atoms with Crippen LogP contribution in [0.5, 0.6) is 0 Å². The van der Waals surface area contributed by atoms with Gasteiger partial charge in [-0.2, -0.15) is 0 Å². The fourth-order valence-electron chi connectivity index (χ4n) is 8.40. The molecule has 0 aliphatic heterocycles. The van der Waals surface area contributed by atoms with Crippen molar-refractivity contribution in [2.75, 3.05) is 0 Å². The predicted octanol–water partition coefficient (Wildman–Crippen LogP) is 7.99. The summed E-state index contributed by atoms with van der Waals surface area (Å²) in [5, 5.41) is 0.618. The molecule has 4 rings (SSSR count). The average molecular weight is 623 g/mol.